The highest BCUT2D eigenvalue weighted by Crippen LogP contribution is 2.23. The molecule has 0 fully saturated rings. The molecule has 5 nitrogen and oxygen atoms in total. The van der Waals surface area contributed by atoms with Gasteiger partial charge in [-0.2, -0.15) is 11.8 Å². The van der Waals surface area contributed by atoms with E-state index >= 15 is 0 Å². The molecule has 3 N–H and O–H groups in total. The number of esters is 1. The van der Waals surface area contributed by atoms with Gasteiger partial charge in [0.05, 0.1) is 12.5 Å². The molecular formula is C9H17NO4S. The van der Waals surface area contributed by atoms with Crippen LogP contribution < -0.4 is 5.73 Å². The zero-order chi connectivity index (χ0) is 12.1. The third-order valence-corrected chi connectivity index (χ3v) is 3.34. The fourth-order valence-electron chi connectivity index (χ4n) is 0.848. The summed E-state index contributed by atoms with van der Waals surface area (Å²) in [6, 6.07) is -0.886. The van der Waals surface area contributed by atoms with E-state index in [4.69, 9.17) is 10.8 Å². The van der Waals surface area contributed by atoms with Crippen molar-refractivity contribution in [2.24, 2.45) is 11.1 Å². The van der Waals surface area contributed by atoms with Crippen LogP contribution in [0.25, 0.3) is 0 Å². The van der Waals surface area contributed by atoms with Crippen LogP contribution in [0.5, 0.6) is 0 Å². The first-order valence-electron chi connectivity index (χ1n) is 4.46. The van der Waals surface area contributed by atoms with E-state index in [1.165, 1.54) is 18.9 Å². The first kappa shape index (κ1) is 14.2. The lowest BCUT2D eigenvalue weighted by atomic mass is 9.97. The Labute approximate surface area is 93.4 Å². The van der Waals surface area contributed by atoms with E-state index in [0.29, 0.717) is 5.75 Å². The van der Waals surface area contributed by atoms with Gasteiger partial charge in [0.2, 0.25) is 0 Å². The zero-order valence-corrected chi connectivity index (χ0v) is 9.97. The van der Waals surface area contributed by atoms with Crippen molar-refractivity contribution in [1.82, 2.24) is 0 Å². The number of nitrogens with two attached hydrogens (primary N) is 1. The fraction of sp³-hybridized carbons (Fsp3) is 0.778. The third kappa shape index (κ3) is 5.03. The van der Waals surface area contributed by atoms with Gasteiger partial charge >= 0.3 is 11.9 Å². The quantitative estimate of drug-likeness (QED) is 0.645. The summed E-state index contributed by atoms with van der Waals surface area (Å²) >= 11 is 1.33. The molecule has 6 heteroatoms. The number of ether oxygens (including phenoxy) is 1. The average Bonchev–Trinajstić information content (AvgIpc) is 2.15. The number of methoxy groups -OCH3 is 1. The summed E-state index contributed by atoms with van der Waals surface area (Å²) in [5, 5.41) is 8.54. The molecule has 1 atom stereocenters. The molecule has 0 aromatic heterocycles. The lowest BCUT2D eigenvalue weighted by molar-refractivity contribution is -0.149. The van der Waals surface area contributed by atoms with E-state index in [1.54, 1.807) is 13.8 Å². The van der Waals surface area contributed by atoms with Crippen LogP contribution in [0.1, 0.15) is 13.8 Å². The summed E-state index contributed by atoms with van der Waals surface area (Å²) in [5.74, 6) is -0.562. The summed E-state index contributed by atoms with van der Waals surface area (Å²) in [4.78, 5) is 21.7. The Bertz CT molecular complexity index is 242. The summed E-state index contributed by atoms with van der Waals surface area (Å²) in [5.41, 5.74) is 4.70. The van der Waals surface area contributed by atoms with E-state index in [-0.39, 0.29) is 11.7 Å². The maximum absolute atomic E-state index is 11.3. The van der Waals surface area contributed by atoms with Crippen LogP contribution in [0.15, 0.2) is 0 Å². The van der Waals surface area contributed by atoms with E-state index in [9.17, 15) is 9.59 Å². The predicted octanol–water partition coefficient (Wildman–Crippen LogP) is 0.331. The van der Waals surface area contributed by atoms with Gasteiger partial charge in [0.15, 0.2) is 0 Å². The fourth-order valence-corrected chi connectivity index (χ4v) is 1.99. The number of hydrogen-bond acceptors (Lipinski definition) is 5. The molecule has 0 amide bonds. The molecule has 88 valence electrons. The van der Waals surface area contributed by atoms with E-state index in [2.05, 4.69) is 4.74 Å². The Hall–Kier alpha value is -0.750. The van der Waals surface area contributed by atoms with Crippen LogP contribution >= 0.6 is 11.8 Å². The van der Waals surface area contributed by atoms with Gasteiger partial charge in [-0.15, -0.1) is 0 Å². The van der Waals surface area contributed by atoms with Crippen LogP contribution in [-0.2, 0) is 14.3 Å². The van der Waals surface area contributed by atoms with Crippen LogP contribution in [-0.4, -0.2) is 41.7 Å². The molecule has 0 aromatic carbocycles. The molecule has 0 radical (unpaired) electrons. The molecule has 0 aromatic rings. The Kier molecular flexibility index (Phi) is 5.67. The van der Waals surface area contributed by atoms with Gasteiger partial charge in [-0.25, -0.2) is 0 Å². The van der Waals surface area contributed by atoms with Crippen molar-refractivity contribution >= 4 is 23.7 Å². The van der Waals surface area contributed by atoms with Gasteiger partial charge in [-0.1, -0.05) is 0 Å². The Morgan fingerprint density at radius 1 is 1.53 bits per heavy atom. The van der Waals surface area contributed by atoms with Crippen molar-refractivity contribution in [1.29, 1.82) is 0 Å². The average molecular weight is 235 g/mol. The molecule has 0 unspecified atom stereocenters. The standard InChI is InChI=1S/C9H17NO4S/c1-9(2,8(13)14-3)5-15-4-6(10)7(11)12/h6H,4-5,10H2,1-3H3,(H,11,12)/t6-/m0/s1. The maximum atomic E-state index is 11.3. The molecule has 0 spiro atoms. The largest absolute Gasteiger partial charge is 0.480 e. The van der Waals surface area contributed by atoms with Crippen molar-refractivity contribution in [2.45, 2.75) is 19.9 Å². The normalized spacial score (nSPS) is 13.3. The van der Waals surface area contributed by atoms with Crippen molar-refractivity contribution in [3.63, 3.8) is 0 Å². The lowest BCUT2D eigenvalue weighted by Crippen LogP contribution is -2.34. The second kappa shape index (κ2) is 5.97. The number of thioether (sulfide) groups is 1. The molecule has 0 aliphatic rings. The number of hydrogen-bond donors (Lipinski definition) is 2. The number of aliphatic carboxylic acids is 1. The van der Waals surface area contributed by atoms with Crippen molar-refractivity contribution in [2.75, 3.05) is 18.6 Å². The van der Waals surface area contributed by atoms with E-state index < -0.39 is 17.4 Å². The smallest absolute Gasteiger partial charge is 0.321 e. The molecule has 0 bridgehead atoms. The first-order chi connectivity index (χ1) is 6.81. The summed E-state index contributed by atoms with van der Waals surface area (Å²) < 4.78 is 4.62. The summed E-state index contributed by atoms with van der Waals surface area (Å²) in [6.07, 6.45) is 0. The van der Waals surface area contributed by atoms with Crippen LogP contribution in [0.3, 0.4) is 0 Å². The number of carbonyl (C=O) groups excluding carboxylic acids is 1. The molecule has 0 aliphatic carbocycles. The molecule has 0 aliphatic heterocycles. The molecule has 0 saturated carbocycles. The minimum absolute atomic E-state index is 0.287. The monoisotopic (exact) mass is 235 g/mol. The highest BCUT2D eigenvalue weighted by atomic mass is 32.2. The maximum Gasteiger partial charge on any atom is 0.321 e. The number of carbonyl (C=O) groups is 2. The lowest BCUT2D eigenvalue weighted by Gasteiger charge is -2.21. The van der Waals surface area contributed by atoms with Gasteiger partial charge in [0.25, 0.3) is 0 Å². The third-order valence-electron chi connectivity index (χ3n) is 1.82. The Morgan fingerprint density at radius 3 is 2.47 bits per heavy atom. The van der Waals surface area contributed by atoms with Gasteiger partial charge in [0, 0.05) is 11.5 Å². The van der Waals surface area contributed by atoms with Crippen molar-refractivity contribution in [3.8, 4) is 0 Å². The number of carboxylic acid groups (broad SMARTS) is 1. The second-order valence-corrected chi connectivity index (χ2v) is 4.87. The molecule has 0 rings (SSSR count). The van der Waals surface area contributed by atoms with E-state index in [0.717, 1.165) is 0 Å². The van der Waals surface area contributed by atoms with Crippen LogP contribution in [0, 0.1) is 5.41 Å². The summed E-state index contributed by atoms with van der Waals surface area (Å²) in [6.45, 7) is 3.50. The first-order valence-corrected chi connectivity index (χ1v) is 5.61. The second-order valence-electron chi connectivity index (χ2n) is 3.84. The van der Waals surface area contributed by atoms with Crippen molar-refractivity contribution < 1.29 is 19.4 Å². The van der Waals surface area contributed by atoms with Gasteiger partial charge in [-0.05, 0) is 13.8 Å². The molecule has 0 heterocycles. The van der Waals surface area contributed by atoms with E-state index in [1.807, 2.05) is 0 Å². The highest BCUT2D eigenvalue weighted by molar-refractivity contribution is 7.99. The van der Waals surface area contributed by atoms with Crippen LogP contribution in [0.2, 0.25) is 0 Å². The predicted molar refractivity (Wildman–Crippen MR) is 58.7 cm³/mol. The molecule has 0 saturated heterocycles. The SMILES string of the molecule is COC(=O)C(C)(C)CSC[C@H](N)C(=O)O. The molecule has 15 heavy (non-hydrogen) atoms. The number of carboxylic acids is 1. The van der Waals surface area contributed by atoms with Gasteiger partial charge in [-0.3, -0.25) is 9.59 Å². The Morgan fingerprint density at radius 2 is 2.07 bits per heavy atom. The zero-order valence-electron chi connectivity index (χ0n) is 9.15. The minimum atomic E-state index is -1.03. The summed E-state index contributed by atoms with van der Waals surface area (Å²) in [7, 11) is 1.33. The van der Waals surface area contributed by atoms with Gasteiger partial charge < -0.3 is 15.6 Å². The van der Waals surface area contributed by atoms with Crippen LogP contribution in [0.4, 0.5) is 0 Å². The van der Waals surface area contributed by atoms with Gasteiger partial charge in [0.1, 0.15) is 6.04 Å². The molecular weight excluding hydrogens is 218 g/mol. The number of rotatable bonds is 6. The highest BCUT2D eigenvalue weighted by Gasteiger charge is 2.28. The topological polar surface area (TPSA) is 89.6 Å². The Balaban J connectivity index is 3.95. The minimum Gasteiger partial charge on any atom is -0.480 e. The van der Waals surface area contributed by atoms with Crippen molar-refractivity contribution in [3.05, 3.63) is 0 Å².